The van der Waals surface area contributed by atoms with Crippen LogP contribution in [-0.2, 0) is 24.8 Å². The summed E-state index contributed by atoms with van der Waals surface area (Å²) in [6.45, 7) is 5.28. The number of benzene rings is 6. The number of aromatic amines is 1. The third-order valence-electron chi connectivity index (χ3n) is 14.9. The average molecular weight is 1360 g/mol. The van der Waals surface area contributed by atoms with E-state index in [1.54, 1.807) is 69.3 Å². The van der Waals surface area contributed by atoms with Gasteiger partial charge in [0.2, 0.25) is 25.3 Å². The number of hydrogen-bond donors (Lipinski definition) is 3. The van der Waals surface area contributed by atoms with Gasteiger partial charge in [-0.25, -0.2) is 44.9 Å². The Kier molecular flexibility index (Phi) is 20.4. The van der Waals surface area contributed by atoms with Crippen LogP contribution in [-0.4, -0.2) is 125 Å². The summed E-state index contributed by atoms with van der Waals surface area (Å²) in [4.78, 5) is 61.4. The van der Waals surface area contributed by atoms with E-state index in [1.165, 1.54) is 94.5 Å². The molecule has 0 saturated heterocycles. The summed E-state index contributed by atoms with van der Waals surface area (Å²) in [5, 5.41) is 15.8. The monoisotopic (exact) mass is 1360 g/mol. The van der Waals surface area contributed by atoms with E-state index < -0.39 is 55.2 Å². The molecule has 0 spiro atoms. The summed E-state index contributed by atoms with van der Waals surface area (Å²) < 4.78 is 106. The minimum Gasteiger partial charge on any atom is -0.857 e. The standard InChI is InChI=1S/C35H31ClFN5O6S.C31H26FN5O5S.CH3O.Na/c1-35(2,3)48-34(44)42-26-10-8-7-9-20(26)15-28(42)25-17-24(39-33(36)40-25)22-16-23-29(18-27(22)41(5)49(6,45)46)47-31(30(23)32(43)38-4)19-11-13-21(37)14-12-19;1-33-30(38)28-21-14-20(23-15-25(36-31(35-23)41-3)24-13-18-7-5-6-8-22(18)34-24)26(37(2)43(4,39)40)16-27(21)42-29(28)17-9-11-19(32)12-10-17;1-2;/h7-18H,1-6H3,(H,38,43);5-16,34H,1-4H3,(H,33,38);1H3;/q;;-1;+1. The van der Waals surface area contributed by atoms with Crippen molar-refractivity contribution in [2.75, 3.05) is 63.5 Å². The molecule has 2 amide bonds. The van der Waals surface area contributed by atoms with E-state index in [0.29, 0.717) is 55.8 Å². The molecular formula is C67H60ClF2N10NaO12S2. The van der Waals surface area contributed by atoms with Gasteiger partial charge < -0.3 is 39.0 Å². The van der Waals surface area contributed by atoms with Crippen molar-refractivity contribution in [1.82, 2.24) is 40.1 Å². The molecule has 0 aliphatic heterocycles. The third kappa shape index (κ3) is 14.4. The molecule has 3 N–H and O–H groups in total. The van der Waals surface area contributed by atoms with Crippen molar-refractivity contribution in [3.05, 3.63) is 174 Å². The van der Waals surface area contributed by atoms with Crippen molar-refractivity contribution in [3.8, 4) is 73.9 Å². The number of carbonyl (C=O) groups is 3. The SMILES string of the molecule is CNC(=O)c1c(-c2ccc(F)cc2)oc2cc(N(C)S(C)(=O)=O)c(-c3cc(-c4cc5ccccc5[nH]4)nc(OC)n3)cc12.CNC(=O)c1c(-c2ccc(F)cc2)oc2cc(N(C)S(C)(=O)=O)c(-c3cc(-c4cc5ccccc5n4C(=O)OC(C)(C)C)nc(Cl)n3)cc12.C[O-].[Na+]. The first-order valence-electron chi connectivity index (χ1n) is 28.5. The Balaban J connectivity index is 0.000000217. The molecule has 0 aliphatic rings. The zero-order valence-corrected chi connectivity index (χ0v) is 57.7. The first kappa shape index (κ1) is 69.8. The number of amides is 2. The van der Waals surface area contributed by atoms with Gasteiger partial charge in [-0.15, -0.1) is 0 Å². The normalized spacial score (nSPS) is 11.5. The summed E-state index contributed by atoms with van der Waals surface area (Å²) in [5.41, 5.74) is 5.80. The maximum Gasteiger partial charge on any atom is 1.00 e. The van der Waals surface area contributed by atoms with Crippen molar-refractivity contribution < 1.29 is 93.0 Å². The molecule has 28 heteroatoms. The van der Waals surface area contributed by atoms with Crippen LogP contribution in [0.3, 0.4) is 0 Å². The number of H-pyrrole nitrogens is 1. The van der Waals surface area contributed by atoms with Gasteiger partial charge in [-0.3, -0.25) is 18.2 Å². The molecule has 12 aromatic rings. The molecular weight excluding hydrogens is 1300 g/mol. The fourth-order valence-corrected chi connectivity index (χ4v) is 11.6. The predicted molar refractivity (Wildman–Crippen MR) is 356 cm³/mol. The average Bonchev–Trinajstić information content (AvgIpc) is 1.65. The number of para-hydroxylation sites is 2. The molecule has 0 radical (unpaired) electrons. The Morgan fingerprint density at radius 1 is 0.621 bits per heavy atom. The van der Waals surface area contributed by atoms with E-state index in [-0.39, 0.29) is 103 Å². The van der Waals surface area contributed by atoms with Crippen molar-refractivity contribution >= 4 is 105 Å². The quantitative estimate of drug-likeness (QED) is 0.0716. The maximum absolute atomic E-state index is 13.8. The molecule has 22 nitrogen and oxygen atoms in total. The second-order valence-corrected chi connectivity index (χ2v) is 26.5. The van der Waals surface area contributed by atoms with E-state index in [2.05, 4.69) is 35.6 Å². The van der Waals surface area contributed by atoms with Gasteiger partial charge in [0.1, 0.15) is 39.9 Å². The number of ether oxygens (including phenoxy) is 2. The minimum atomic E-state index is -3.83. The molecule has 0 atom stereocenters. The molecule has 0 bridgehead atoms. The van der Waals surface area contributed by atoms with Crippen LogP contribution < -0.4 is 58.6 Å². The Morgan fingerprint density at radius 2 is 1.07 bits per heavy atom. The molecule has 6 heterocycles. The summed E-state index contributed by atoms with van der Waals surface area (Å²) in [6.07, 6.45) is 1.49. The number of aromatic nitrogens is 6. The summed E-state index contributed by atoms with van der Waals surface area (Å²) in [5.74, 6) is -1.47. The van der Waals surface area contributed by atoms with E-state index in [1.807, 2.05) is 42.5 Å². The summed E-state index contributed by atoms with van der Waals surface area (Å²) >= 11 is 6.54. The van der Waals surface area contributed by atoms with E-state index in [4.69, 9.17) is 35.0 Å². The number of fused-ring (bicyclic) bond motifs is 4. The molecule has 95 heavy (non-hydrogen) atoms. The van der Waals surface area contributed by atoms with Gasteiger partial charge in [0.25, 0.3) is 11.8 Å². The predicted octanol–water partition coefficient (Wildman–Crippen LogP) is 9.10. The van der Waals surface area contributed by atoms with Crippen LogP contribution in [0.15, 0.2) is 154 Å². The van der Waals surface area contributed by atoms with Crippen LogP contribution in [0.5, 0.6) is 6.01 Å². The number of halogens is 3. The Morgan fingerprint density at radius 3 is 1.55 bits per heavy atom. The number of furan rings is 2. The van der Waals surface area contributed by atoms with E-state index in [0.717, 1.165) is 44.5 Å². The van der Waals surface area contributed by atoms with Crippen molar-refractivity contribution in [2.24, 2.45) is 0 Å². The van der Waals surface area contributed by atoms with Crippen molar-refractivity contribution in [1.29, 1.82) is 0 Å². The largest absolute Gasteiger partial charge is 1.00 e. The number of nitrogens with zero attached hydrogens (tertiary/aromatic N) is 7. The zero-order valence-electron chi connectivity index (χ0n) is 53.3. The number of anilines is 2. The van der Waals surface area contributed by atoms with Crippen LogP contribution in [0.2, 0.25) is 5.28 Å². The van der Waals surface area contributed by atoms with Gasteiger partial charge in [0.15, 0.2) is 0 Å². The number of sulfonamides is 2. The first-order valence-corrected chi connectivity index (χ1v) is 32.6. The van der Waals surface area contributed by atoms with Gasteiger partial charge in [0.05, 0.1) is 81.8 Å². The van der Waals surface area contributed by atoms with Gasteiger partial charge >= 0.3 is 41.7 Å². The number of nitrogens with one attached hydrogen (secondary N) is 3. The van der Waals surface area contributed by atoms with Gasteiger partial charge in [-0.05, 0) is 129 Å². The molecule has 6 aromatic heterocycles. The van der Waals surface area contributed by atoms with Crippen molar-refractivity contribution in [3.63, 3.8) is 0 Å². The molecule has 484 valence electrons. The first-order chi connectivity index (χ1) is 44.6. The van der Waals surface area contributed by atoms with Crippen LogP contribution >= 0.6 is 11.6 Å². The summed E-state index contributed by atoms with van der Waals surface area (Å²) in [6, 6.07) is 39.3. The van der Waals surface area contributed by atoms with E-state index >= 15 is 0 Å². The molecule has 0 fully saturated rings. The molecule has 0 unspecified atom stereocenters. The second kappa shape index (κ2) is 27.8. The molecule has 0 saturated carbocycles. The van der Waals surface area contributed by atoms with E-state index in [9.17, 15) is 40.0 Å². The fourth-order valence-electron chi connectivity index (χ4n) is 10.4. The van der Waals surface area contributed by atoms with Gasteiger partial charge in [-0.1, -0.05) is 36.4 Å². The summed E-state index contributed by atoms with van der Waals surface area (Å²) in [7, 11) is 0.353. The number of methoxy groups -OCH3 is 1. The Labute approximate surface area is 571 Å². The Bertz CT molecular complexity index is 5160. The van der Waals surface area contributed by atoms with Gasteiger partial charge in [-0.2, -0.15) is 17.1 Å². The van der Waals surface area contributed by atoms with Gasteiger partial charge in [0, 0.05) is 89.6 Å². The number of rotatable bonds is 13. The topological polar surface area (TPSA) is 290 Å². The van der Waals surface area contributed by atoms with Crippen LogP contribution in [0.1, 0.15) is 41.5 Å². The zero-order chi connectivity index (χ0) is 67.9. The van der Waals surface area contributed by atoms with Crippen LogP contribution in [0, 0.1) is 11.6 Å². The third-order valence-corrected chi connectivity index (χ3v) is 17.5. The van der Waals surface area contributed by atoms with Crippen LogP contribution in [0.4, 0.5) is 25.0 Å². The Hall–Kier alpha value is -9.54. The number of hydrogen-bond acceptors (Lipinski definition) is 16. The fraction of sp³-hybridized carbons (Fsp3) is 0.179. The number of carbonyl (C=O) groups excluding carboxylic acids is 3. The minimum absolute atomic E-state index is 0. The second-order valence-electron chi connectivity index (χ2n) is 22.2. The van der Waals surface area contributed by atoms with Crippen LogP contribution in [0.25, 0.3) is 112 Å². The molecule has 6 aromatic carbocycles. The molecule has 12 rings (SSSR count). The van der Waals surface area contributed by atoms with Crippen molar-refractivity contribution in [2.45, 2.75) is 26.4 Å². The smallest absolute Gasteiger partial charge is 0.857 e. The molecule has 0 aliphatic carbocycles. The maximum atomic E-state index is 13.8.